The van der Waals surface area contributed by atoms with E-state index in [1.165, 1.54) is 44.6 Å². The Bertz CT molecular complexity index is 609. The van der Waals surface area contributed by atoms with Crippen LogP contribution in [-0.4, -0.2) is 12.1 Å². The van der Waals surface area contributed by atoms with Gasteiger partial charge in [-0.25, -0.2) is 0 Å². The Morgan fingerprint density at radius 3 is 1.60 bits per heavy atom. The third-order valence-electron chi connectivity index (χ3n) is 3.78. The van der Waals surface area contributed by atoms with Crippen molar-refractivity contribution in [3.05, 3.63) is 65.2 Å². The summed E-state index contributed by atoms with van der Waals surface area (Å²) in [7, 11) is 0. The van der Waals surface area contributed by atoms with Gasteiger partial charge >= 0.3 is 0 Å². The molecule has 0 saturated carbocycles. The molecule has 0 atom stereocenters. The first-order chi connectivity index (χ1) is 14.5. The van der Waals surface area contributed by atoms with Gasteiger partial charge in [0.05, 0.1) is 0 Å². The lowest BCUT2D eigenvalue weighted by molar-refractivity contribution is 0.101. The summed E-state index contributed by atoms with van der Waals surface area (Å²) in [4.78, 5) is 22.0. The first kappa shape index (κ1) is 32.8. The molecular weight excluding hydrogens is 388 g/mol. The smallest absolute Gasteiger partial charge is 0.159 e. The summed E-state index contributed by atoms with van der Waals surface area (Å²) in [5.41, 5.74) is 2.46. The van der Waals surface area contributed by atoms with Crippen molar-refractivity contribution in [3.8, 4) is 0 Å². The monoisotopic (exact) mass is 432 g/mol. The molecule has 0 fully saturated rings. The standard InChI is InChI=1S/C9H8O2.C7H8S.C7H16.2C2H6/c1-7(11)9-4-2-8(6-10)3-5-9;1-6-4-2-3-5-7(6)8;1-3-5-7-6-4-2;2*1-2/h2-6H,1H3;2-5,8H,1H3;3-7H2,1-2H3;2*1-2H3. The van der Waals surface area contributed by atoms with Gasteiger partial charge in [-0.3, -0.25) is 9.59 Å². The van der Waals surface area contributed by atoms with Gasteiger partial charge in [0.15, 0.2) is 5.78 Å². The normalized spacial score (nSPS) is 8.43. The second-order valence-electron chi connectivity index (χ2n) is 6.14. The number of hydrogen-bond donors (Lipinski definition) is 1. The minimum atomic E-state index is 0.0162. The summed E-state index contributed by atoms with van der Waals surface area (Å²) >= 11 is 4.20. The van der Waals surface area contributed by atoms with Crippen LogP contribution in [-0.2, 0) is 0 Å². The molecule has 0 radical (unpaired) electrons. The summed E-state index contributed by atoms with van der Waals surface area (Å²) in [6.45, 7) is 16.0. The number of thiol groups is 1. The van der Waals surface area contributed by atoms with Gasteiger partial charge in [0.2, 0.25) is 0 Å². The van der Waals surface area contributed by atoms with Crippen molar-refractivity contribution in [1.82, 2.24) is 0 Å². The van der Waals surface area contributed by atoms with Crippen molar-refractivity contribution >= 4 is 24.7 Å². The van der Waals surface area contributed by atoms with Crippen LogP contribution < -0.4 is 0 Å². The Kier molecular flexibility index (Phi) is 27.5. The highest BCUT2D eigenvalue weighted by Gasteiger charge is 1.96. The number of unbranched alkanes of at least 4 members (excludes halogenated alkanes) is 4. The van der Waals surface area contributed by atoms with Gasteiger partial charge in [-0.05, 0) is 25.5 Å². The fraction of sp³-hybridized carbons (Fsp3) is 0.481. The minimum absolute atomic E-state index is 0.0162. The van der Waals surface area contributed by atoms with Gasteiger partial charge in [0.25, 0.3) is 0 Å². The number of ketones is 1. The molecule has 2 aromatic rings. The topological polar surface area (TPSA) is 34.1 Å². The van der Waals surface area contributed by atoms with E-state index in [4.69, 9.17) is 0 Å². The van der Waals surface area contributed by atoms with E-state index in [0.717, 1.165) is 11.2 Å². The molecule has 3 heteroatoms. The first-order valence-electron chi connectivity index (χ1n) is 11.3. The zero-order valence-corrected chi connectivity index (χ0v) is 21.4. The average Bonchev–Trinajstić information content (AvgIpc) is 2.80. The SMILES string of the molecule is CC.CC.CC(=O)c1ccc(C=O)cc1.CCCCCCC.Cc1ccccc1S. The van der Waals surface area contributed by atoms with Crippen LogP contribution >= 0.6 is 12.6 Å². The van der Waals surface area contributed by atoms with E-state index in [-0.39, 0.29) is 5.78 Å². The molecule has 0 bridgehead atoms. The largest absolute Gasteiger partial charge is 0.298 e. The molecule has 0 aliphatic rings. The Labute approximate surface area is 191 Å². The van der Waals surface area contributed by atoms with Crippen LogP contribution in [0.15, 0.2) is 53.4 Å². The highest BCUT2D eigenvalue weighted by Crippen LogP contribution is 2.09. The molecule has 0 aliphatic heterocycles. The Morgan fingerprint density at radius 1 is 0.833 bits per heavy atom. The maximum Gasteiger partial charge on any atom is 0.159 e. The van der Waals surface area contributed by atoms with E-state index >= 15 is 0 Å². The zero-order valence-electron chi connectivity index (χ0n) is 20.5. The number of hydrogen-bond acceptors (Lipinski definition) is 3. The highest BCUT2D eigenvalue weighted by atomic mass is 32.1. The number of aldehydes is 1. The number of benzene rings is 2. The van der Waals surface area contributed by atoms with Crippen LogP contribution in [0.3, 0.4) is 0 Å². The van der Waals surface area contributed by atoms with Gasteiger partial charge in [-0.15, -0.1) is 12.6 Å². The van der Waals surface area contributed by atoms with Crippen molar-refractivity contribution in [2.45, 2.75) is 92.4 Å². The molecule has 0 unspecified atom stereocenters. The molecular formula is C27H44O2S. The van der Waals surface area contributed by atoms with Crippen molar-refractivity contribution in [1.29, 1.82) is 0 Å². The molecule has 2 nitrogen and oxygen atoms in total. The number of carbonyl (C=O) groups is 2. The minimum Gasteiger partial charge on any atom is -0.298 e. The first-order valence-corrected chi connectivity index (χ1v) is 11.7. The zero-order chi connectivity index (χ0) is 23.8. The Morgan fingerprint density at radius 2 is 1.30 bits per heavy atom. The molecule has 170 valence electrons. The van der Waals surface area contributed by atoms with Gasteiger partial charge in [0.1, 0.15) is 6.29 Å². The molecule has 2 aromatic carbocycles. The molecule has 0 aromatic heterocycles. The number of Topliss-reactive ketones (excluding diaryl/α,β-unsaturated/α-hetero) is 1. The molecule has 0 N–H and O–H groups in total. The molecule has 0 saturated heterocycles. The summed E-state index contributed by atoms with van der Waals surface area (Å²) in [5.74, 6) is 0.0162. The van der Waals surface area contributed by atoms with Crippen LogP contribution in [0.4, 0.5) is 0 Å². The van der Waals surface area contributed by atoms with Crippen molar-refractivity contribution in [2.75, 3.05) is 0 Å². The van der Waals surface area contributed by atoms with Crippen molar-refractivity contribution < 1.29 is 9.59 Å². The van der Waals surface area contributed by atoms with Crippen molar-refractivity contribution in [2.24, 2.45) is 0 Å². The Hall–Kier alpha value is -1.87. The lowest BCUT2D eigenvalue weighted by atomic mass is 10.1. The fourth-order valence-electron chi connectivity index (χ4n) is 2.04. The van der Waals surface area contributed by atoms with E-state index < -0.39 is 0 Å². The summed E-state index contributed by atoms with van der Waals surface area (Å²) in [6, 6.07) is 14.6. The van der Waals surface area contributed by atoms with Crippen molar-refractivity contribution in [3.63, 3.8) is 0 Å². The van der Waals surface area contributed by atoms with Crippen LogP contribution in [0.1, 0.15) is 107 Å². The lowest BCUT2D eigenvalue weighted by Gasteiger charge is -1.93. The van der Waals surface area contributed by atoms with E-state index in [1.807, 2.05) is 58.9 Å². The molecule has 2 rings (SSSR count). The van der Waals surface area contributed by atoms with Gasteiger partial charge in [-0.1, -0.05) is 116 Å². The number of aryl methyl sites for hydroxylation is 1. The third kappa shape index (κ3) is 19.4. The van der Waals surface area contributed by atoms with E-state index in [1.54, 1.807) is 24.3 Å². The van der Waals surface area contributed by atoms with Crippen LogP contribution in [0, 0.1) is 6.92 Å². The summed E-state index contributed by atoms with van der Waals surface area (Å²) in [5, 5.41) is 0. The van der Waals surface area contributed by atoms with E-state index in [0.29, 0.717) is 11.1 Å². The maximum absolute atomic E-state index is 10.8. The van der Waals surface area contributed by atoms with Gasteiger partial charge < -0.3 is 0 Å². The number of carbonyl (C=O) groups excluding carboxylic acids is 2. The molecule has 0 spiro atoms. The van der Waals surface area contributed by atoms with Crippen LogP contribution in [0.25, 0.3) is 0 Å². The second-order valence-corrected chi connectivity index (χ2v) is 6.62. The average molecular weight is 433 g/mol. The fourth-order valence-corrected chi connectivity index (χ4v) is 2.20. The van der Waals surface area contributed by atoms with Crippen LogP contribution in [0.5, 0.6) is 0 Å². The van der Waals surface area contributed by atoms with E-state index in [2.05, 4.69) is 26.5 Å². The Balaban J connectivity index is -0.000000344. The van der Waals surface area contributed by atoms with Gasteiger partial charge in [0, 0.05) is 16.0 Å². The quantitative estimate of drug-likeness (QED) is 0.214. The molecule has 30 heavy (non-hydrogen) atoms. The third-order valence-corrected chi connectivity index (χ3v) is 4.28. The van der Waals surface area contributed by atoms with Gasteiger partial charge in [-0.2, -0.15) is 0 Å². The predicted molar refractivity (Wildman–Crippen MR) is 137 cm³/mol. The van der Waals surface area contributed by atoms with E-state index in [9.17, 15) is 9.59 Å². The summed E-state index contributed by atoms with van der Waals surface area (Å²) in [6.07, 6.45) is 7.76. The maximum atomic E-state index is 10.8. The lowest BCUT2D eigenvalue weighted by Crippen LogP contribution is -1.91. The second kappa shape index (κ2) is 25.2. The highest BCUT2D eigenvalue weighted by molar-refractivity contribution is 7.80. The predicted octanol–water partition coefficient (Wildman–Crippen LogP) is 9.01. The van der Waals surface area contributed by atoms with Crippen LogP contribution in [0.2, 0.25) is 0 Å². The number of rotatable bonds is 6. The molecule has 0 heterocycles. The molecule has 0 aliphatic carbocycles. The summed E-state index contributed by atoms with van der Waals surface area (Å²) < 4.78 is 0. The molecule has 0 amide bonds.